The van der Waals surface area contributed by atoms with E-state index in [0.29, 0.717) is 28.7 Å². The van der Waals surface area contributed by atoms with E-state index in [1.807, 2.05) is 0 Å². The Morgan fingerprint density at radius 3 is 2.42 bits per heavy atom. The maximum Gasteiger partial charge on any atom is 0.265 e. The highest BCUT2D eigenvalue weighted by atomic mass is 32.2. The third-order valence-corrected chi connectivity index (χ3v) is 5.10. The molecule has 7 nitrogen and oxygen atoms in total. The summed E-state index contributed by atoms with van der Waals surface area (Å²) in [4.78, 5) is 4.02. The van der Waals surface area contributed by atoms with E-state index in [2.05, 4.69) is 9.71 Å². The van der Waals surface area contributed by atoms with Gasteiger partial charge in [0.05, 0.1) is 26.1 Å². The van der Waals surface area contributed by atoms with E-state index < -0.39 is 10.0 Å². The zero-order valence-corrected chi connectivity index (χ0v) is 15.3. The highest BCUT2D eigenvalue weighted by Gasteiger charge is 2.22. The number of ether oxygens (including phenoxy) is 2. The molecule has 0 bridgehead atoms. The Hall–Kier alpha value is -3.00. The SMILES string of the molecule is COc1ccccc1NS(=O)(=O)c1cc(-c2cnc(C)o2)ccc1OC. The van der Waals surface area contributed by atoms with E-state index in [1.54, 1.807) is 49.5 Å². The first-order chi connectivity index (χ1) is 12.4. The van der Waals surface area contributed by atoms with Gasteiger partial charge in [-0.15, -0.1) is 0 Å². The molecule has 8 heteroatoms. The molecule has 3 rings (SSSR count). The van der Waals surface area contributed by atoms with Gasteiger partial charge in [-0.2, -0.15) is 0 Å². The van der Waals surface area contributed by atoms with Crippen LogP contribution in [0.25, 0.3) is 11.3 Å². The fourth-order valence-electron chi connectivity index (χ4n) is 2.46. The molecule has 3 aromatic rings. The first-order valence-electron chi connectivity index (χ1n) is 7.71. The lowest BCUT2D eigenvalue weighted by molar-refractivity contribution is 0.403. The molecular formula is C18H18N2O5S. The zero-order valence-electron chi connectivity index (χ0n) is 14.5. The van der Waals surface area contributed by atoms with Crippen LogP contribution in [-0.2, 0) is 10.0 Å². The van der Waals surface area contributed by atoms with Gasteiger partial charge in [0.2, 0.25) is 0 Å². The van der Waals surface area contributed by atoms with Crippen molar-refractivity contribution in [3.63, 3.8) is 0 Å². The number of aryl methyl sites for hydroxylation is 1. The predicted molar refractivity (Wildman–Crippen MR) is 97.0 cm³/mol. The summed E-state index contributed by atoms with van der Waals surface area (Å²) in [5, 5.41) is 0. The molecule has 0 atom stereocenters. The second kappa shape index (κ2) is 7.09. The summed E-state index contributed by atoms with van der Waals surface area (Å²) >= 11 is 0. The molecule has 0 unspecified atom stereocenters. The molecule has 2 aromatic carbocycles. The lowest BCUT2D eigenvalue weighted by atomic mass is 10.2. The highest BCUT2D eigenvalue weighted by Crippen LogP contribution is 2.33. The number of rotatable bonds is 6. The molecule has 136 valence electrons. The predicted octanol–water partition coefficient (Wildman–Crippen LogP) is 3.47. The van der Waals surface area contributed by atoms with Crippen LogP contribution in [-0.4, -0.2) is 27.6 Å². The number of oxazole rings is 1. The largest absolute Gasteiger partial charge is 0.495 e. The first-order valence-corrected chi connectivity index (χ1v) is 9.19. The van der Waals surface area contributed by atoms with E-state index in [9.17, 15) is 8.42 Å². The molecule has 26 heavy (non-hydrogen) atoms. The van der Waals surface area contributed by atoms with E-state index in [-0.39, 0.29) is 10.6 Å². The number of anilines is 1. The molecule has 0 amide bonds. The van der Waals surface area contributed by atoms with Gasteiger partial charge in [0.25, 0.3) is 10.0 Å². The van der Waals surface area contributed by atoms with Gasteiger partial charge in [-0.1, -0.05) is 12.1 Å². The molecule has 0 aliphatic rings. The second-order valence-electron chi connectivity index (χ2n) is 5.41. The molecule has 0 spiro atoms. The van der Waals surface area contributed by atoms with Crippen molar-refractivity contribution in [1.29, 1.82) is 0 Å². The summed E-state index contributed by atoms with van der Waals surface area (Å²) in [5.41, 5.74) is 0.907. The zero-order chi connectivity index (χ0) is 18.7. The van der Waals surface area contributed by atoms with Gasteiger partial charge < -0.3 is 13.9 Å². The number of hydrogen-bond donors (Lipinski definition) is 1. The van der Waals surface area contributed by atoms with Crippen molar-refractivity contribution < 1.29 is 22.3 Å². The minimum Gasteiger partial charge on any atom is -0.495 e. The van der Waals surface area contributed by atoms with Gasteiger partial charge in [0, 0.05) is 12.5 Å². The number of aromatic nitrogens is 1. The molecule has 0 aliphatic carbocycles. The molecule has 0 radical (unpaired) electrons. The Kier molecular flexibility index (Phi) is 4.85. The smallest absolute Gasteiger partial charge is 0.265 e. The van der Waals surface area contributed by atoms with Gasteiger partial charge in [0.15, 0.2) is 11.7 Å². The Bertz CT molecular complexity index is 1030. The molecule has 0 aliphatic heterocycles. The highest BCUT2D eigenvalue weighted by molar-refractivity contribution is 7.92. The first kappa shape index (κ1) is 17.8. The van der Waals surface area contributed by atoms with Crippen LogP contribution in [0.15, 0.2) is 58.0 Å². The Balaban J connectivity index is 2.05. The van der Waals surface area contributed by atoms with Crippen LogP contribution in [0.4, 0.5) is 5.69 Å². The number of methoxy groups -OCH3 is 2. The van der Waals surface area contributed by atoms with Crippen molar-refractivity contribution in [2.45, 2.75) is 11.8 Å². The fraction of sp³-hybridized carbons (Fsp3) is 0.167. The Morgan fingerprint density at radius 1 is 1.04 bits per heavy atom. The maximum atomic E-state index is 12.9. The third-order valence-electron chi connectivity index (χ3n) is 3.71. The third kappa shape index (κ3) is 3.50. The molecule has 0 fully saturated rings. The average Bonchev–Trinajstić information content (AvgIpc) is 3.07. The van der Waals surface area contributed by atoms with Crippen molar-refractivity contribution in [1.82, 2.24) is 4.98 Å². The standard InChI is InChI=1S/C18H18N2O5S/c1-12-19-11-17(25-12)13-8-9-16(24-3)18(10-13)26(21,22)20-14-6-4-5-7-15(14)23-2/h4-11,20H,1-3H3. The summed E-state index contributed by atoms with van der Waals surface area (Å²) in [6.07, 6.45) is 1.54. The van der Waals surface area contributed by atoms with Crippen LogP contribution < -0.4 is 14.2 Å². The molecule has 0 saturated carbocycles. The maximum absolute atomic E-state index is 12.9. The van der Waals surface area contributed by atoms with Crippen LogP contribution in [0.1, 0.15) is 5.89 Å². The molecular weight excluding hydrogens is 356 g/mol. The second-order valence-corrected chi connectivity index (χ2v) is 7.07. The van der Waals surface area contributed by atoms with E-state index in [0.717, 1.165) is 0 Å². The van der Waals surface area contributed by atoms with E-state index >= 15 is 0 Å². The normalized spacial score (nSPS) is 11.2. The van der Waals surface area contributed by atoms with Crippen LogP contribution in [0.5, 0.6) is 11.5 Å². The van der Waals surface area contributed by atoms with Crippen LogP contribution >= 0.6 is 0 Å². The molecule has 0 saturated heterocycles. The van der Waals surface area contributed by atoms with Gasteiger partial charge in [-0.3, -0.25) is 4.72 Å². The number of nitrogens with zero attached hydrogens (tertiary/aromatic N) is 1. The molecule has 1 aromatic heterocycles. The van der Waals surface area contributed by atoms with Gasteiger partial charge in [-0.05, 0) is 30.3 Å². The quantitative estimate of drug-likeness (QED) is 0.710. The van der Waals surface area contributed by atoms with Crippen LogP contribution in [0.2, 0.25) is 0 Å². The van der Waals surface area contributed by atoms with E-state index in [4.69, 9.17) is 13.9 Å². The Morgan fingerprint density at radius 2 is 1.77 bits per heavy atom. The summed E-state index contributed by atoms with van der Waals surface area (Å²) in [7, 11) is -1.04. The number of sulfonamides is 1. The molecule has 1 N–H and O–H groups in total. The van der Waals surface area contributed by atoms with E-state index in [1.165, 1.54) is 20.3 Å². The van der Waals surface area contributed by atoms with Crippen molar-refractivity contribution in [3.05, 3.63) is 54.6 Å². The minimum atomic E-state index is -3.93. The lowest BCUT2D eigenvalue weighted by Crippen LogP contribution is -2.14. The monoisotopic (exact) mass is 374 g/mol. The summed E-state index contributed by atoms with van der Waals surface area (Å²) in [5.74, 6) is 1.59. The van der Waals surface area contributed by atoms with Crippen molar-refractivity contribution in [2.24, 2.45) is 0 Å². The summed E-state index contributed by atoms with van der Waals surface area (Å²) in [6.45, 7) is 1.72. The number of nitrogens with one attached hydrogen (secondary N) is 1. The fourth-order valence-corrected chi connectivity index (χ4v) is 3.73. The number of para-hydroxylation sites is 2. The van der Waals surface area contributed by atoms with Crippen molar-refractivity contribution in [2.75, 3.05) is 18.9 Å². The van der Waals surface area contributed by atoms with Crippen LogP contribution in [0, 0.1) is 6.92 Å². The van der Waals surface area contributed by atoms with Gasteiger partial charge >= 0.3 is 0 Å². The number of benzene rings is 2. The average molecular weight is 374 g/mol. The number of hydrogen-bond acceptors (Lipinski definition) is 6. The van der Waals surface area contributed by atoms with Gasteiger partial charge in [-0.25, -0.2) is 13.4 Å². The van der Waals surface area contributed by atoms with Gasteiger partial charge in [0.1, 0.15) is 16.4 Å². The minimum absolute atomic E-state index is 0.0162. The lowest BCUT2D eigenvalue weighted by Gasteiger charge is -2.14. The van der Waals surface area contributed by atoms with Crippen molar-refractivity contribution in [3.8, 4) is 22.8 Å². The topological polar surface area (TPSA) is 90.7 Å². The van der Waals surface area contributed by atoms with Crippen LogP contribution in [0.3, 0.4) is 0 Å². The Labute approximate surface area is 151 Å². The van der Waals surface area contributed by atoms with Crippen molar-refractivity contribution >= 4 is 15.7 Å². The molecule has 1 heterocycles. The summed E-state index contributed by atoms with van der Waals surface area (Å²) < 4.78 is 44.3. The summed E-state index contributed by atoms with van der Waals surface area (Å²) in [6, 6.07) is 11.5.